The van der Waals surface area contributed by atoms with E-state index in [1.165, 1.54) is 30.7 Å². The van der Waals surface area contributed by atoms with Crippen molar-refractivity contribution in [2.45, 2.75) is 6.92 Å². The fraction of sp³-hybridized carbons (Fsp3) is 0.182. The molecule has 88 valence electrons. The summed E-state index contributed by atoms with van der Waals surface area (Å²) in [5.41, 5.74) is 0.562. The number of ether oxygens (including phenoxy) is 1. The molecule has 0 N–H and O–H groups in total. The number of aromatic nitrogens is 2. The Bertz CT molecular complexity index is 568. The van der Waals surface area contributed by atoms with E-state index in [1.807, 2.05) is 0 Å². The average Bonchev–Trinajstić information content (AvgIpc) is 2.71. The molecule has 0 aliphatic carbocycles. The summed E-state index contributed by atoms with van der Waals surface area (Å²) >= 11 is 1.25. The van der Waals surface area contributed by atoms with Gasteiger partial charge < -0.3 is 4.74 Å². The van der Waals surface area contributed by atoms with Crippen molar-refractivity contribution in [3.05, 3.63) is 34.8 Å². The van der Waals surface area contributed by atoms with Crippen molar-refractivity contribution in [1.82, 2.24) is 9.97 Å². The first-order chi connectivity index (χ1) is 8.13. The monoisotopic (exact) mass is 252 g/mol. The molecule has 0 spiro atoms. The van der Waals surface area contributed by atoms with Crippen LogP contribution in [0.5, 0.6) is 0 Å². The van der Waals surface area contributed by atoms with Crippen molar-refractivity contribution in [3.63, 3.8) is 0 Å². The number of carbonyl (C=O) groups excluding carboxylic acids is 1. The SMILES string of the molecule is COC(=O)c1nc(-c2ccncc2F)sc1C. The van der Waals surface area contributed by atoms with Crippen LogP contribution < -0.4 is 0 Å². The van der Waals surface area contributed by atoms with Gasteiger partial charge in [0, 0.05) is 16.6 Å². The van der Waals surface area contributed by atoms with Crippen molar-refractivity contribution in [3.8, 4) is 10.6 Å². The lowest BCUT2D eigenvalue weighted by Crippen LogP contribution is -2.03. The summed E-state index contributed by atoms with van der Waals surface area (Å²) in [6.07, 6.45) is 2.59. The summed E-state index contributed by atoms with van der Waals surface area (Å²) in [6, 6.07) is 1.52. The number of nitrogens with zero attached hydrogens (tertiary/aromatic N) is 2. The second-order valence-electron chi connectivity index (χ2n) is 3.27. The van der Waals surface area contributed by atoms with Gasteiger partial charge in [-0.15, -0.1) is 11.3 Å². The standard InChI is InChI=1S/C11H9FN2O2S/c1-6-9(11(15)16-2)14-10(17-6)7-3-4-13-5-8(7)12/h3-5H,1-2H3. The minimum atomic E-state index is -0.514. The molecule has 6 heteroatoms. The molecule has 0 radical (unpaired) electrons. The summed E-state index contributed by atoms with van der Waals surface area (Å²) in [6.45, 7) is 1.74. The second kappa shape index (κ2) is 4.58. The highest BCUT2D eigenvalue weighted by Gasteiger charge is 2.18. The maximum absolute atomic E-state index is 13.5. The van der Waals surface area contributed by atoms with Gasteiger partial charge in [-0.25, -0.2) is 14.2 Å². The van der Waals surface area contributed by atoms with Gasteiger partial charge in [0.25, 0.3) is 0 Å². The first kappa shape index (κ1) is 11.7. The lowest BCUT2D eigenvalue weighted by molar-refractivity contribution is 0.0594. The summed E-state index contributed by atoms with van der Waals surface area (Å²) in [5, 5.41) is 0.447. The molecule has 4 nitrogen and oxygen atoms in total. The van der Waals surface area contributed by atoms with Crippen LogP contribution in [-0.4, -0.2) is 23.0 Å². The number of pyridine rings is 1. The number of esters is 1. The van der Waals surface area contributed by atoms with Gasteiger partial charge in [-0.2, -0.15) is 0 Å². The third kappa shape index (κ3) is 2.16. The molecule has 0 saturated carbocycles. The first-order valence-corrected chi connectivity index (χ1v) is 5.60. The van der Waals surface area contributed by atoms with Gasteiger partial charge in [-0.3, -0.25) is 4.98 Å². The zero-order valence-corrected chi connectivity index (χ0v) is 10.0. The Labute approximate surface area is 101 Å². The Morgan fingerprint density at radius 2 is 2.29 bits per heavy atom. The molecule has 2 aromatic heterocycles. The fourth-order valence-electron chi connectivity index (χ4n) is 1.35. The molecule has 2 aromatic rings. The van der Waals surface area contributed by atoms with Gasteiger partial charge in [-0.05, 0) is 13.0 Å². The molecule has 0 aromatic carbocycles. The number of carbonyl (C=O) groups is 1. The van der Waals surface area contributed by atoms with Crippen LogP contribution in [0.4, 0.5) is 4.39 Å². The Morgan fingerprint density at radius 3 is 2.94 bits per heavy atom. The van der Waals surface area contributed by atoms with Crippen LogP contribution in [-0.2, 0) is 4.74 Å². The summed E-state index contributed by atoms with van der Waals surface area (Å²) in [5.74, 6) is -0.975. The Hall–Kier alpha value is -1.82. The molecular weight excluding hydrogens is 243 g/mol. The van der Waals surface area contributed by atoms with Gasteiger partial charge in [0.05, 0.1) is 13.3 Å². The number of hydrogen-bond donors (Lipinski definition) is 0. The number of hydrogen-bond acceptors (Lipinski definition) is 5. The Morgan fingerprint density at radius 1 is 1.53 bits per heavy atom. The zero-order valence-electron chi connectivity index (χ0n) is 9.23. The van der Waals surface area contributed by atoms with Crippen LogP contribution in [0.2, 0.25) is 0 Å². The van der Waals surface area contributed by atoms with E-state index in [1.54, 1.807) is 6.92 Å². The smallest absolute Gasteiger partial charge is 0.357 e. The van der Waals surface area contributed by atoms with Crippen LogP contribution in [0.3, 0.4) is 0 Å². The third-order valence-corrected chi connectivity index (χ3v) is 3.18. The van der Waals surface area contributed by atoms with E-state index >= 15 is 0 Å². The average molecular weight is 252 g/mol. The van der Waals surface area contributed by atoms with Crippen molar-refractivity contribution < 1.29 is 13.9 Å². The number of methoxy groups -OCH3 is 1. The molecule has 0 bridgehead atoms. The van der Waals surface area contributed by atoms with Gasteiger partial charge in [0.15, 0.2) is 11.5 Å². The van der Waals surface area contributed by atoms with Crippen molar-refractivity contribution in [2.75, 3.05) is 7.11 Å². The normalized spacial score (nSPS) is 10.3. The molecular formula is C11H9FN2O2S. The molecule has 0 unspecified atom stereocenters. The molecule has 2 rings (SSSR count). The first-order valence-electron chi connectivity index (χ1n) is 4.79. The lowest BCUT2D eigenvalue weighted by Gasteiger charge is -1.96. The number of aryl methyl sites for hydroxylation is 1. The lowest BCUT2D eigenvalue weighted by atomic mass is 10.3. The Balaban J connectivity index is 2.49. The van der Waals surface area contributed by atoms with E-state index in [4.69, 9.17) is 0 Å². The van der Waals surface area contributed by atoms with Crippen LogP contribution in [0.1, 0.15) is 15.4 Å². The minimum Gasteiger partial charge on any atom is -0.464 e. The minimum absolute atomic E-state index is 0.226. The van der Waals surface area contributed by atoms with Crippen LogP contribution in [0, 0.1) is 12.7 Å². The highest BCUT2D eigenvalue weighted by Crippen LogP contribution is 2.29. The molecule has 0 atom stereocenters. The van der Waals surface area contributed by atoms with Gasteiger partial charge in [0.1, 0.15) is 5.01 Å². The summed E-state index contributed by atoms with van der Waals surface area (Å²) < 4.78 is 18.1. The Kier molecular flexibility index (Phi) is 3.14. The van der Waals surface area contributed by atoms with Crippen molar-refractivity contribution in [1.29, 1.82) is 0 Å². The van der Waals surface area contributed by atoms with Gasteiger partial charge in [-0.1, -0.05) is 0 Å². The van der Waals surface area contributed by atoms with Crippen LogP contribution in [0.25, 0.3) is 10.6 Å². The zero-order chi connectivity index (χ0) is 12.4. The molecule has 17 heavy (non-hydrogen) atoms. The number of thiazole rings is 1. The summed E-state index contributed by atoms with van der Waals surface area (Å²) in [7, 11) is 1.29. The topological polar surface area (TPSA) is 52.1 Å². The maximum atomic E-state index is 13.5. The second-order valence-corrected chi connectivity index (χ2v) is 4.47. The highest BCUT2D eigenvalue weighted by molar-refractivity contribution is 7.15. The van der Waals surface area contributed by atoms with Crippen LogP contribution in [0.15, 0.2) is 18.5 Å². The van der Waals surface area contributed by atoms with Crippen LogP contribution >= 0.6 is 11.3 Å². The van der Waals surface area contributed by atoms with E-state index in [0.717, 1.165) is 6.20 Å². The van der Waals surface area contributed by atoms with Crippen molar-refractivity contribution in [2.24, 2.45) is 0 Å². The molecule has 0 amide bonds. The molecule has 0 saturated heterocycles. The van der Waals surface area contributed by atoms with E-state index in [-0.39, 0.29) is 5.69 Å². The third-order valence-electron chi connectivity index (χ3n) is 2.18. The number of halogens is 1. The van der Waals surface area contributed by atoms with Gasteiger partial charge in [0.2, 0.25) is 0 Å². The fourth-order valence-corrected chi connectivity index (χ4v) is 2.27. The predicted molar refractivity (Wildman–Crippen MR) is 61.4 cm³/mol. The molecule has 0 aliphatic heterocycles. The molecule has 2 heterocycles. The van der Waals surface area contributed by atoms with E-state index < -0.39 is 11.8 Å². The predicted octanol–water partition coefficient (Wildman–Crippen LogP) is 2.44. The molecule has 0 aliphatic rings. The van der Waals surface area contributed by atoms with Gasteiger partial charge >= 0.3 is 5.97 Å². The molecule has 0 fully saturated rings. The van der Waals surface area contributed by atoms with E-state index in [2.05, 4.69) is 14.7 Å². The maximum Gasteiger partial charge on any atom is 0.357 e. The largest absolute Gasteiger partial charge is 0.464 e. The summed E-state index contributed by atoms with van der Waals surface area (Å²) in [4.78, 5) is 19.8. The number of rotatable bonds is 2. The van der Waals surface area contributed by atoms with E-state index in [9.17, 15) is 9.18 Å². The van der Waals surface area contributed by atoms with Crippen molar-refractivity contribution >= 4 is 17.3 Å². The quantitative estimate of drug-likeness (QED) is 0.770. The van der Waals surface area contributed by atoms with E-state index in [0.29, 0.717) is 15.4 Å². The highest BCUT2D eigenvalue weighted by atomic mass is 32.1.